The van der Waals surface area contributed by atoms with E-state index in [0.717, 1.165) is 17.4 Å². The number of fused-ring (bicyclic) bond motifs is 1. The number of aromatic nitrogens is 2. The van der Waals surface area contributed by atoms with E-state index >= 15 is 0 Å². The standard InChI is InChI=1S/C15H13N3/c16-15-11(5-3-7-18-15)8-13-10-17-9-12-4-1-2-6-14(12)13/h1-7,9-10H,8H2,(H2,16,18). The van der Waals surface area contributed by atoms with E-state index in [9.17, 15) is 0 Å². The van der Waals surface area contributed by atoms with Crippen molar-refractivity contribution in [1.82, 2.24) is 9.97 Å². The third-order valence-electron chi connectivity index (χ3n) is 3.06. The van der Waals surface area contributed by atoms with Crippen LogP contribution in [0.5, 0.6) is 0 Å². The molecule has 0 bridgehead atoms. The summed E-state index contributed by atoms with van der Waals surface area (Å²) in [6, 6.07) is 12.1. The Morgan fingerprint density at radius 1 is 0.944 bits per heavy atom. The van der Waals surface area contributed by atoms with Crippen LogP contribution in [0.1, 0.15) is 11.1 Å². The van der Waals surface area contributed by atoms with Gasteiger partial charge in [-0.1, -0.05) is 30.3 Å². The Balaban J connectivity index is 2.08. The molecule has 0 saturated heterocycles. The van der Waals surface area contributed by atoms with Gasteiger partial charge in [0.2, 0.25) is 0 Å². The smallest absolute Gasteiger partial charge is 0.126 e. The molecule has 0 aliphatic rings. The van der Waals surface area contributed by atoms with Crippen LogP contribution in [0.4, 0.5) is 5.82 Å². The zero-order valence-corrected chi connectivity index (χ0v) is 9.88. The first kappa shape index (κ1) is 10.7. The molecule has 3 rings (SSSR count). The lowest BCUT2D eigenvalue weighted by Gasteiger charge is -2.07. The maximum absolute atomic E-state index is 5.88. The van der Waals surface area contributed by atoms with E-state index in [1.165, 1.54) is 10.9 Å². The van der Waals surface area contributed by atoms with Crippen LogP contribution >= 0.6 is 0 Å². The molecule has 1 aromatic carbocycles. The second kappa shape index (κ2) is 4.45. The first-order valence-electron chi connectivity index (χ1n) is 5.85. The lowest BCUT2D eigenvalue weighted by molar-refractivity contribution is 1.14. The van der Waals surface area contributed by atoms with Crippen LogP contribution in [0.15, 0.2) is 55.0 Å². The number of nitrogens with two attached hydrogens (primary N) is 1. The summed E-state index contributed by atoms with van der Waals surface area (Å²) >= 11 is 0. The fourth-order valence-electron chi connectivity index (χ4n) is 2.13. The Morgan fingerprint density at radius 3 is 2.72 bits per heavy atom. The second-order valence-corrected chi connectivity index (χ2v) is 4.24. The lowest BCUT2D eigenvalue weighted by Crippen LogP contribution is -1.98. The number of hydrogen-bond acceptors (Lipinski definition) is 3. The van der Waals surface area contributed by atoms with Crippen LogP contribution in [0, 0.1) is 0 Å². The molecule has 2 N–H and O–H groups in total. The van der Waals surface area contributed by atoms with Gasteiger partial charge >= 0.3 is 0 Å². The molecule has 0 fully saturated rings. The summed E-state index contributed by atoms with van der Waals surface area (Å²) < 4.78 is 0. The van der Waals surface area contributed by atoms with E-state index in [2.05, 4.69) is 22.1 Å². The molecule has 0 amide bonds. The fraction of sp³-hybridized carbons (Fsp3) is 0.0667. The summed E-state index contributed by atoms with van der Waals surface area (Å²) in [4.78, 5) is 8.39. The third kappa shape index (κ3) is 1.91. The molecule has 2 aromatic heterocycles. The summed E-state index contributed by atoms with van der Waals surface area (Å²) in [6.07, 6.45) is 6.24. The molecule has 0 aliphatic carbocycles. The SMILES string of the molecule is Nc1ncccc1Cc1cncc2ccccc12. The van der Waals surface area contributed by atoms with Gasteiger partial charge < -0.3 is 5.73 Å². The van der Waals surface area contributed by atoms with E-state index in [1.54, 1.807) is 6.20 Å². The van der Waals surface area contributed by atoms with Gasteiger partial charge in [-0.05, 0) is 22.6 Å². The van der Waals surface area contributed by atoms with Crippen LogP contribution < -0.4 is 5.73 Å². The third-order valence-corrected chi connectivity index (χ3v) is 3.06. The van der Waals surface area contributed by atoms with Crippen molar-refractivity contribution >= 4 is 16.6 Å². The molecule has 3 heteroatoms. The summed E-state index contributed by atoms with van der Waals surface area (Å²) in [6.45, 7) is 0. The first-order valence-corrected chi connectivity index (χ1v) is 5.85. The Labute approximate surface area is 105 Å². The van der Waals surface area contributed by atoms with Crippen molar-refractivity contribution in [3.8, 4) is 0 Å². The second-order valence-electron chi connectivity index (χ2n) is 4.24. The number of anilines is 1. The number of rotatable bonds is 2. The Morgan fingerprint density at radius 2 is 1.83 bits per heavy atom. The van der Waals surface area contributed by atoms with Crippen molar-refractivity contribution in [2.24, 2.45) is 0 Å². The van der Waals surface area contributed by atoms with Gasteiger partial charge in [0.05, 0.1) is 0 Å². The molecule has 0 unspecified atom stereocenters. The van der Waals surface area contributed by atoms with Gasteiger partial charge in [0.15, 0.2) is 0 Å². The van der Waals surface area contributed by atoms with Gasteiger partial charge in [-0.15, -0.1) is 0 Å². The van der Waals surface area contributed by atoms with Gasteiger partial charge in [-0.3, -0.25) is 4.98 Å². The minimum Gasteiger partial charge on any atom is -0.383 e. The summed E-state index contributed by atoms with van der Waals surface area (Å²) in [7, 11) is 0. The molecule has 18 heavy (non-hydrogen) atoms. The molecule has 0 aliphatic heterocycles. The number of pyridine rings is 2. The van der Waals surface area contributed by atoms with Crippen LogP contribution in [-0.2, 0) is 6.42 Å². The molecular formula is C15H13N3. The highest BCUT2D eigenvalue weighted by molar-refractivity contribution is 5.85. The van der Waals surface area contributed by atoms with Crippen molar-refractivity contribution in [2.75, 3.05) is 5.73 Å². The number of nitrogen functional groups attached to an aromatic ring is 1. The van der Waals surface area contributed by atoms with Crippen molar-refractivity contribution < 1.29 is 0 Å². The predicted octanol–water partition coefficient (Wildman–Crippen LogP) is 2.80. The van der Waals surface area contributed by atoms with Crippen molar-refractivity contribution in [3.63, 3.8) is 0 Å². The zero-order valence-electron chi connectivity index (χ0n) is 9.88. The Kier molecular flexibility index (Phi) is 2.65. The van der Waals surface area contributed by atoms with Crippen molar-refractivity contribution in [1.29, 1.82) is 0 Å². The lowest BCUT2D eigenvalue weighted by atomic mass is 10.0. The first-order chi connectivity index (χ1) is 8.84. The molecule has 3 aromatic rings. The number of nitrogens with zero attached hydrogens (tertiary/aromatic N) is 2. The van der Waals surface area contributed by atoms with Crippen molar-refractivity contribution in [2.45, 2.75) is 6.42 Å². The van der Waals surface area contributed by atoms with Gasteiger partial charge in [0.1, 0.15) is 5.82 Å². The van der Waals surface area contributed by atoms with Crippen LogP contribution in [-0.4, -0.2) is 9.97 Å². The molecule has 88 valence electrons. The van der Waals surface area contributed by atoms with Gasteiger partial charge in [0, 0.05) is 30.4 Å². The van der Waals surface area contributed by atoms with Crippen molar-refractivity contribution in [3.05, 3.63) is 66.1 Å². The van der Waals surface area contributed by atoms with E-state index < -0.39 is 0 Å². The largest absolute Gasteiger partial charge is 0.383 e. The average molecular weight is 235 g/mol. The summed E-state index contributed by atoms with van der Waals surface area (Å²) in [5.74, 6) is 0.588. The highest BCUT2D eigenvalue weighted by atomic mass is 14.8. The van der Waals surface area contributed by atoms with Crippen LogP contribution in [0.3, 0.4) is 0 Å². The maximum atomic E-state index is 5.88. The zero-order chi connectivity index (χ0) is 12.4. The van der Waals surface area contributed by atoms with E-state index in [-0.39, 0.29) is 0 Å². The van der Waals surface area contributed by atoms with Gasteiger partial charge in [0.25, 0.3) is 0 Å². The highest BCUT2D eigenvalue weighted by Gasteiger charge is 2.05. The quantitative estimate of drug-likeness (QED) is 0.743. The minimum absolute atomic E-state index is 0.588. The fourth-order valence-corrected chi connectivity index (χ4v) is 2.13. The maximum Gasteiger partial charge on any atom is 0.126 e. The molecule has 0 atom stereocenters. The van der Waals surface area contributed by atoms with Gasteiger partial charge in [-0.2, -0.15) is 0 Å². The molecule has 0 saturated carbocycles. The molecule has 0 spiro atoms. The monoisotopic (exact) mass is 235 g/mol. The van der Waals surface area contributed by atoms with Crippen LogP contribution in [0.2, 0.25) is 0 Å². The highest BCUT2D eigenvalue weighted by Crippen LogP contribution is 2.21. The minimum atomic E-state index is 0.588. The molecular weight excluding hydrogens is 222 g/mol. The Hall–Kier alpha value is -2.42. The van der Waals surface area contributed by atoms with E-state index in [4.69, 9.17) is 5.73 Å². The Bertz CT molecular complexity index is 687. The van der Waals surface area contributed by atoms with Gasteiger partial charge in [-0.25, -0.2) is 4.98 Å². The summed E-state index contributed by atoms with van der Waals surface area (Å²) in [5, 5.41) is 2.37. The van der Waals surface area contributed by atoms with E-state index in [1.807, 2.05) is 36.7 Å². The molecule has 3 nitrogen and oxygen atoms in total. The summed E-state index contributed by atoms with van der Waals surface area (Å²) in [5.41, 5.74) is 8.09. The molecule has 0 radical (unpaired) electrons. The average Bonchev–Trinajstić information content (AvgIpc) is 2.42. The normalized spacial score (nSPS) is 10.7. The topological polar surface area (TPSA) is 51.8 Å². The van der Waals surface area contributed by atoms with Crippen LogP contribution in [0.25, 0.3) is 10.8 Å². The number of hydrogen-bond donors (Lipinski definition) is 1. The number of benzene rings is 1. The predicted molar refractivity (Wildman–Crippen MR) is 73.2 cm³/mol. The molecule has 2 heterocycles. The van der Waals surface area contributed by atoms with E-state index in [0.29, 0.717) is 5.82 Å².